The summed E-state index contributed by atoms with van der Waals surface area (Å²) in [5, 5.41) is 13.6. The van der Waals surface area contributed by atoms with Gasteiger partial charge in [-0.3, -0.25) is 0 Å². The van der Waals surface area contributed by atoms with Crippen LogP contribution in [0.5, 0.6) is 0 Å². The van der Waals surface area contributed by atoms with Gasteiger partial charge in [-0.25, -0.2) is 4.79 Å². The van der Waals surface area contributed by atoms with Crippen molar-refractivity contribution in [2.75, 3.05) is 19.6 Å². The van der Waals surface area contributed by atoms with Crippen molar-refractivity contribution < 1.29 is 14.6 Å². The quantitative estimate of drug-likeness (QED) is 0.802. The van der Waals surface area contributed by atoms with Crippen LogP contribution in [0.4, 0.5) is 4.79 Å². The molecule has 1 aliphatic heterocycles. The van der Waals surface area contributed by atoms with Crippen molar-refractivity contribution in [2.24, 2.45) is 0 Å². The molecule has 1 saturated heterocycles. The molecular weight excluding hydrogens is 328 g/mol. The summed E-state index contributed by atoms with van der Waals surface area (Å²) < 4.78 is 5.33. The van der Waals surface area contributed by atoms with E-state index in [4.69, 9.17) is 4.74 Å². The number of nitrogens with one attached hydrogen (secondary N) is 1. The zero-order chi connectivity index (χ0) is 18.2. The van der Waals surface area contributed by atoms with Gasteiger partial charge in [-0.1, -0.05) is 60.7 Å². The maximum absolute atomic E-state index is 12.3. The van der Waals surface area contributed by atoms with Gasteiger partial charge in [0.05, 0.1) is 6.04 Å². The Hall–Kier alpha value is -2.37. The summed E-state index contributed by atoms with van der Waals surface area (Å²) in [5.41, 5.74) is 1.72. The first-order valence-corrected chi connectivity index (χ1v) is 9.15. The van der Waals surface area contributed by atoms with Crippen molar-refractivity contribution in [3.8, 4) is 0 Å². The predicted octanol–water partition coefficient (Wildman–Crippen LogP) is 3.11. The summed E-state index contributed by atoms with van der Waals surface area (Å²) in [5.74, 6) is 0. The Morgan fingerprint density at radius 1 is 1.04 bits per heavy atom. The second-order valence-electron chi connectivity index (χ2n) is 6.68. The standard InChI is InChI=1S/C21H26N2O3/c24-20(18-11-5-2-6-12-18)19(15-23-13-7-8-14-23)22-21(25)26-16-17-9-3-1-4-10-17/h1-6,9-12,19-20,24H,7-8,13-16H2,(H,22,25)/t19-,20-/m1/s1. The Labute approximate surface area is 154 Å². The van der Waals surface area contributed by atoms with Crippen LogP contribution in [0.15, 0.2) is 60.7 Å². The number of hydrogen-bond donors (Lipinski definition) is 2. The second kappa shape index (κ2) is 9.36. The number of amides is 1. The maximum atomic E-state index is 12.3. The number of ether oxygens (including phenoxy) is 1. The molecule has 0 aromatic heterocycles. The van der Waals surface area contributed by atoms with E-state index in [1.165, 1.54) is 0 Å². The zero-order valence-electron chi connectivity index (χ0n) is 14.9. The number of aliphatic hydroxyl groups excluding tert-OH is 1. The average molecular weight is 354 g/mol. The van der Waals surface area contributed by atoms with Crippen LogP contribution in [-0.4, -0.2) is 41.8 Å². The number of hydrogen-bond acceptors (Lipinski definition) is 4. The fourth-order valence-corrected chi connectivity index (χ4v) is 3.27. The molecule has 1 aliphatic rings. The number of likely N-dealkylation sites (tertiary alicyclic amines) is 1. The van der Waals surface area contributed by atoms with Gasteiger partial charge in [-0.05, 0) is 37.1 Å². The van der Waals surface area contributed by atoms with E-state index in [-0.39, 0.29) is 6.61 Å². The number of aliphatic hydroxyl groups is 1. The monoisotopic (exact) mass is 354 g/mol. The van der Waals surface area contributed by atoms with Gasteiger partial charge in [0.1, 0.15) is 12.7 Å². The lowest BCUT2D eigenvalue weighted by molar-refractivity contribution is 0.0882. The largest absolute Gasteiger partial charge is 0.445 e. The van der Waals surface area contributed by atoms with Gasteiger partial charge in [0.2, 0.25) is 0 Å². The van der Waals surface area contributed by atoms with Crippen LogP contribution in [0.2, 0.25) is 0 Å². The second-order valence-corrected chi connectivity index (χ2v) is 6.68. The molecular formula is C21H26N2O3. The fraction of sp³-hybridized carbons (Fsp3) is 0.381. The predicted molar refractivity (Wildman–Crippen MR) is 101 cm³/mol. The minimum Gasteiger partial charge on any atom is -0.445 e. The van der Waals surface area contributed by atoms with E-state index in [1.54, 1.807) is 0 Å². The highest BCUT2D eigenvalue weighted by molar-refractivity contribution is 5.67. The average Bonchev–Trinajstić information content (AvgIpc) is 3.20. The summed E-state index contributed by atoms with van der Waals surface area (Å²) in [6, 6.07) is 18.6. The van der Waals surface area contributed by atoms with Crippen LogP contribution >= 0.6 is 0 Å². The van der Waals surface area contributed by atoms with Crippen molar-refractivity contribution in [3.63, 3.8) is 0 Å². The third-order valence-electron chi connectivity index (χ3n) is 4.69. The van der Waals surface area contributed by atoms with Crippen LogP contribution in [0.1, 0.15) is 30.1 Å². The molecule has 0 aliphatic carbocycles. The smallest absolute Gasteiger partial charge is 0.407 e. The van der Waals surface area contributed by atoms with Gasteiger partial charge in [0.25, 0.3) is 0 Å². The maximum Gasteiger partial charge on any atom is 0.407 e. The Kier molecular flexibility index (Phi) is 6.63. The highest BCUT2D eigenvalue weighted by atomic mass is 16.5. The van der Waals surface area contributed by atoms with Crippen molar-refractivity contribution in [1.29, 1.82) is 0 Å². The molecule has 0 radical (unpaired) electrons. The SMILES string of the molecule is O=C(N[C@H](CN1CCCC1)[C@H](O)c1ccccc1)OCc1ccccc1. The van der Waals surface area contributed by atoms with Crippen LogP contribution in [0, 0.1) is 0 Å². The van der Waals surface area contributed by atoms with Crippen molar-refractivity contribution in [1.82, 2.24) is 10.2 Å². The Morgan fingerprint density at radius 2 is 1.65 bits per heavy atom. The molecule has 5 nitrogen and oxygen atoms in total. The molecule has 5 heteroatoms. The molecule has 2 aromatic carbocycles. The minimum atomic E-state index is -0.777. The lowest BCUT2D eigenvalue weighted by Crippen LogP contribution is -2.46. The normalized spacial score (nSPS) is 16.8. The Bertz CT molecular complexity index is 672. The molecule has 0 spiro atoms. The Morgan fingerprint density at radius 3 is 2.31 bits per heavy atom. The molecule has 2 N–H and O–H groups in total. The summed E-state index contributed by atoms with van der Waals surface area (Å²) in [7, 11) is 0. The van der Waals surface area contributed by atoms with Crippen molar-refractivity contribution >= 4 is 6.09 Å². The van der Waals surface area contributed by atoms with Gasteiger partial charge in [0.15, 0.2) is 0 Å². The van der Waals surface area contributed by atoms with Gasteiger partial charge in [-0.15, -0.1) is 0 Å². The highest BCUT2D eigenvalue weighted by Gasteiger charge is 2.27. The molecule has 2 atom stereocenters. The van der Waals surface area contributed by atoms with Crippen LogP contribution in [-0.2, 0) is 11.3 Å². The molecule has 2 aromatic rings. The van der Waals surface area contributed by atoms with Gasteiger partial charge < -0.3 is 20.1 Å². The summed E-state index contributed by atoms with van der Waals surface area (Å²) in [4.78, 5) is 14.5. The van der Waals surface area contributed by atoms with E-state index in [0.717, 1.165) is 37.1 Å². The van der Waals surface area contributed by atoms with Gasteiger partial charge >= 0.3 is 6.09 Å². The zero-order valence-corrected chi connectivity index (χ0v) is 14.9. The molecule has 1 amide bonds. The summed E-state index contributed by atoms with van der Waals surface area (Å²) in [6.45, 7) is 2.82. The molecule has 1 heterocycles. The third-order valence-corrected chi connectivity index (χ3v) is 4.69. The number of benzene rings is 2. The number of alkyl carbamates (subject to hydrolysis) is 1. The van der Waals surface area contributed by atoms with Gasteiger partial charge in [0, 0.05) is 6.54 Å². The van der Waals surface area contributed by atoms with E-state index >= 15 is 0 Å². The molecule has 0 saturated carbocycles. The lowest BCUT2D eigenvalue weighted by Gasteiger charge is -2.28. The molecule has 3 rings (SSSR count). The van der Waals surface area contributed by atoms with E-state index in [2.05, 4.69) is 10.2 Å². The summed E-state index contributed by atoms with van der Waals surface area (Å²) >= 11 is 0. The lowest BCUT2D eigenvalue weighted by atomic mass is 10.0. The van der Waals surface area contributed by atoms with Crippen molar-refractivity contribution in [3.05, 3.63) is 71.8 Å². The molecule has 26 heavy (non-hydrogen) atoms. The first-order chi connectivity index (χ1) is 12.7. The van der Waals surface area contributed by atoms with Crippen LogP contribution in [0.25, 0.3) is 0 Å². The Balaban J connectivity index is 1.61. The number of rotatable bonds is 7. The first-order valence-electron chi connectivity index (χ1n) is 9.15. The van der Waals surface area contributed by atoms with Crippen molar-refractivity contribution in [2.45, 2.75) is 31.6 Å². The van der Waals surface area contributed by atoms with Crippen LogP contribution < -0.4 is 5.32 Å². The van der Waals surface area contributed by atoms with E-state index in [0.29, 0.717) is 6.54 Å². The first kappa shape index (κ1) is 18.4. The minimum absolute atomic E-state index is 0.213. The van der Waals surface area contributed by atoms with Gasteiger partial charge in [-0.2, -0.15) is 0 Å². The topological polar surface area (TPSA) is 61.8 Å². The highest BCUT2D eigenvalue weighted by Crippen LogP contribution is 2.19. The molecule has 138 valence electrons. The van der Waals surface area contributed by atoms with Crippen LogP contribution in [0.3, 0.4) is 0 Å². The third kappa shape index (κ3) is 5.31. The van der Waals surface area contributed by atoms with E-state index in [9.17, 15) is 9.90 Å². The van der Waals surface area contributed by atoms with E-state index in [1.807, 2.05) is 60.7 Å². The summed E-state index contributed by atoms with van der Waals surface area (Å²) in [6.07, 6.45) is 1.04. The number of nitrogens with zero attached hydrogens (tertiary/aromatic N) is 1. The molecule has 1 fully saturated rings. The number of carbonyl (C=O) groups excluding carboxylic acids is 1. The van der Waals surface area contributed by atoms with E-state index < -0.39 is 18.2 Å². The fourth-order valence-electron chi connectivity index (χ4n) is 3.27. The number of carbonyl (C=O) groups is 1. The molecule has 0 bridgehead atoms. The molecule has 0 unspecified atom stereocenters.